The van der Waals surface area contributed by atoms with E-state index in [1.54, 1.807) is 0 Å². The Morgan fingerprint density at radius 1 is 1.50 bits per heavy atom. The number of rotatable bonds is 1. The Bertz CT molecular complexity index is 164. The molecule has 0 aliphatic carbocycles. The first-order valence-corrected chi connectivity index (χ1v) is 2.32. The van der Waals surface area contributed by atoms with Gasteiger partial charge in [0.2, 0.25) is 0 Å². The summed E-state index contributed by atoms with van der Waals surface area (Å²) in [4.78, 5) is 9.91. The van der Waals surface area contributed by atoms with Gasteiger partial charge in [-0.1, -0.05) is 0 Å². The molecule has 0 aromatic rings. The molecule has 5 heteroatoms. The minimum absolute atomic E-state index is 0.125. The van der Waals surface area contributed by atoms with Gasteiger partial charge in [0, 0.05) is 6.08 Å². The zero-order valence-corrected chi connectivity index (χ0v) is 5.07. The highest BCUT2D eigenvalue weighted by atomic mass is 19.4. The van der Waals surface area contributed by atoms with Gasteiger partial charge in [-0.05, 0) is 6.92 Å². The Kier molecular flexibility index (Phi) is 2.45. The maximum atomic E-state index is 11.3. The van der Waals surface area contributed by atoms with Gasteiger partial charge in [0.25, 0.3) is 5.78 Å². The lowest BCUT2D eigenvalue weighted by Gasteiger charge is -1.98. The number of allylic oxidation sites excluding steroid dienone is 2. The molecule has 1 N–H and O–H groups in total. The lowest BCUT2D eigenvalue weighted by atomic mass is 10.3. The fourth-order valence-corrected chi connectivity index (χ4v) is 0.272. The quantitative estimate of drug-likeness (QED) is 0.459. The third-order valence-corrected chi connectivity index (χ3v) is 0.619. The van der Waals surface area contributed by atoms with Crippen LogP contribution < -0.4 is 0 Å². The van der Waals surface area contributed by atoms with Gasteiger partial charge in [0.15, 0.2) is 0 Å². The Balaban J connectivity index is 4.27. The molecule has 0 aliphatic heterocycles. The molecule has 0 heterocycles. The van der Waals surface area contributed by atoms with Crippen molar-refractivity contribution < 1.29 is 23.1 Å². The van der Waals surface area contributed by atoms with Crippen LogP contribution in [0.15, 0.2) is 11.8 Å². The molecule has 2 nitrogen and oxygen atoms in total. The van der Waals surface area contributed by atoms with Gasteiger partial charge in [0.05, 0.1) is 5.76 Å². The Hall–Kier alpha value is -1.00. The number of hydrogen-bond donors (Lipinski definition) is 1. The molecular weight excluding hydrogens is 149 g/mol. The number of carbonyl (C=O) groups excluding carboxylic acids is 1. The van der Waals surface area contributed by atoms with Gasteiger partial charge in [-0.3, -0.25) is 4.79 Å². The number of hydrogen-bond acceptors (Lipinski definition) is 2. The highest BCUT2D eigenvalue weighted by Crippen LogP contribution is 2.16. The predicted octanol–water partition coefficient (Wildman–Crippen LogP) is 1.58. The molecule has 0 saturated heterocycles. The molecule has 0 aromatic heterocycles. The van der Waals surface area contributed by atoms with Gasteiger partial charge in [-0.25, -0.2) is 0 Å². The molecule has 0 aliphatic rings. The maximum Gasteiger partial charge on any atom is 0.454 e. The van der Waals surface area contributed by atoms with E-state index < -0.39 is 17.7 Å². The summed E-state index contributed by atoms with van der Waals surface area (Å²) in [6.45, 7) is 0.990. The Labute approximate surface area is 55.0 Å². The zero-order valence-electron chi connectivity index (χ0n) is 5.07. The smallest absolute Gasteiger partial charge is 0.454 e. The first kappa shape index (κ1) is 9.00. The summed E-state index contributed by atoms with van der Waals surface area (Å²) < 4.78 is 33.9. The Morgan fingerprint density at radius 2 is 1.90 bits per heavy atom. The third kappa shape index (κ3) is 3.11. The van der Waals surface area contributed by atoms with E-state index in [-0.39, 0.29) is 6.08 Å². The molecule has 0 fully saturated rings. The van der Waals surface area contributed by atoms with E-state index in [0.29, 0.717) is 0 Å². The molecular formula is C5H5F3O2. The summed E-state index contributed by atoms with van der Waals surface area (Å²) in [5, 5.41) is 8.23. The van der Waals surface area contributed by atoms with E-state index in [4.69, 9.17) is 5.11 Å². The van der Waals surface area contributed by atoms with Crippen molar-refractivity contribution in [1.82, 2.24) is 0 Å². The molecule has 0 saturated carbocycles. The molecule has 0 rings (SSSR count). The summed E-state index contributed by atoms with van der Waals surface area (Å²) >= 11 is 0. The topological polar surface area (TPSA) is 37.3 Å². The SMILES string of the molecule is C/C(O)=C/C(=O)C(F)(F)F. The monoisotopic (exact) mass is 154 g/mol. The fourth-order valence-electron chi connectivity index (χ4n) is 0.272. The van der Waals surface area contributed by atoms with E-state index in [2.05, 4.69) is 0 Å². The first-order valence-electron chi connectivity index (χ1n) is 2.32. The van der Waals surface area contributed by atoms with Crippen molar-refractivity contribution in [1.29, 1.82) is 0 Å². The summed E-state index contributed by atoms with van der Waals surface area (Å²) in [6, 6.07) is 0. The normalized spacial score (nSPS) is 13.4. The molecule has 0 unspecified atom stereocenters. The van der Waals surface area contributed by atoms with Crippen molar-refractivity contribution >= 4 is 5.78 Å². The van der Waals surface area contributed by atoms with Crippen molar-refractivity contribution in [3.05, 3.63) is 11.8 Å². The molecule has 10 heavy (non-hydrogen) atoms. The van der Waals surface area contributed by atoms with Crippen LogP contribution in [-0.4, -0.2) is 17.1 Å². The van der Waals surface area contributed by atoms with Crippen LogP contribution in [0.2, 0.25) is 0 Å². The first-order chi connectivity index (χ1) is 4.34. The van der Waals surface area contributed by atoms with Crippen LogP contribution in [0.1, 0.15) is 6.92 Å². The minimum atomic E-state index is -4.88. The minimum Gasteiger partial charge on any atom is -0.512 e. The van der Waals surface area contributed by atoms with Crippen molar-refractivity contribution in [3.8, 4) is 0 Å². The average molecular weight is 154 g/mol. The van der Waals surface area contributed by atoms with Crippen LogP contribution in [-0.2, 0) is 4.79 Å². The predicted molar refractivity (Wildman–Crippen MR) is 27.4 cm³/mol. The number of aliphatic hydroxyl groups excluding tert-OH is 1. The van der Waals surface area contributed by atoms with Crippen LogP contribution in [0.5, 0.6) is 0 Å². The Morgan fingerprint density at radius 3 is 2.00 bits per heavy atom. The fraction of sp³-hybridized carbons (Fsp3) is 0.400. The summed E-state index contributed by atoms with van der Waals surface area (Å²) in [6.07, 6.45) is -4.76. The molecule has 58 valence electrons. The van der Waals surface area contributed by atoms with E-state index in [0.717, 1.165) is 6.92 Å². The van der Waals surface area contributed by atoms with E-state index in [1.165, 1.54) is 0 Å². The average Bonchev–Trinajstić information content (AvgIpc) is 1.60. The second-order valence-corrected chi connectivity index (χ2v) is 1.65. The number of carbonyl (C=O) groups is 1. The highest BCUT2D eigenvalue weighted by Gasteiger charge is 2.36. The van der Waals surface area contributed by atoms with Crippen molar-refractivity contribution in [3.63, 3.8) is 0 Å². The van der Waals surface area contributed by atoms with Crippen LogP contribution in [0, 0.1) is 0 Å². The van der Waals surface area contributed by atoms with Crippen molar-refractivity contribution in [2.75, 3.05) is 0 Å². The van der Waals surface area contributed by atoms with Gasteiger partial charge in [0.1, 0.15) is 0 Å². The van der Waals surface area contributed by atoms with E-state index in [9.17, 15) is 18.0 Å². The molecule has 0 aromatic carbocycles. The molecule has 0 spiro atoms. The van der Waals surface area contributed by atoms with Crippen LogP contribution in [0.3, 0.4) is 0 Å². The molecule has 0 atom stereocenters. The zero-order chi connectivity index (χ0) is 8.36. The molecule has 0 bridgehead atoms. The lowest BCUT2D eigenvalue weighted by molar-refractivity contribution is -0.165. The number of ketones is 1. The second-order valence-electron chi connectivity index (χ2n) is 1.65. The maximum absolute atomic E-state index is 11.3. The van der Waals surface area contributed by atoms with Crippen LogP contribution in [0.4, 0.5) is 13.2 Å². The van der Waals surface area contributed by atoms with E-state index in [1.807, 2.05) is 0 Å². The van der Waals surface area contributed by atoms with Gasteiger partial charge in [-0.15, -0.1) is 0 Å². The largest absolute Gasteiger partial charge is 0.512 e. The summed E-state index contributed by atoms with van der Waals surface area (Å²) in [5.41, 5.74) is 0. The molecule has 0 amide bonds. The third-order valence-electron chi connectivity index (χ3n) is 0.619. The summed E-state index contributed by atoms with van der Waals surface area (Å²) in [5.74, 6) is -2.70. The molecule has 0 radical (unpaired) electrons. The number of alkyl halides is 3. The van der Waals surface area contributed by atoms with Crippen molar-refractivity contribution in [2.45, 2.75) is 13.1 Å². The van der Waals surface area contributed by atoms with E-state index >= 15 is 0 Å². The highest BCUT2D eigenvalue weighted by molar-refractivity contribution is 5.94. The van der Waals surface area contributed by atoms with Gasteiger partial charge >= 0.3 is 6.18 Å². The van der Waals surface area contributed by atoms with Gasteiger partial charge < -0.3 is 5.11 Å². The van der Waals surface area contributed by atoms with Crippen molar-refractivity contribution in [2.24, 2.45) is 0 Å². The second kappa shape index (κ2) is 2.72. The lowest BCUT2D eigenvalue weighted by Crippen LogP contribution is -2.20. The number of aliphatic hydroxyl groups is 1. The van der Waals surface area contributed by atoms with Crippen LogP contribution in [0.25, 0.3) is 0 Å². The van der Waals surface area contributed by atoms with Gasteiger partial charge in [-0.2, -0.15) is 13.2 Å². The summed E-state index contributed by atoms with van der Waals surface area (Å²) in [7, 11) is 0. The standard InChI is InChI=1S/C5H5F3O2/c1-3(9)2-4(10)5(6,7)8/h2,9H,1H3/b3-2-. The number of halogens is 3. The van der Waals surface area contributed by atoms with Crippen LogP contribution >= 0.6 is 0 Å².